The highest BCUT2D eigenvalue weighted by atomic mass is 16.5. The minimum Gasteiger partial charge on any atom is -0.379 e. The molecule has 0 amide bonds. The van der Waals surface area contributed by atoms with Crippen LogP contribution < -0.4 is 5.32 Å². The molecule has 0 aliphatic carbocycles. The topological polar surface area (TPSA) is 24.5 Å². The van der Waals surface area contributed by atoms with Gasteiger partial charge in [-0.15, -0.1) is 0 Å². The monoisotopic (exact) mass is 232 g/mol. The van der Waals surface area contributed by atoms with Gasteiger partial charge in [0.15, 0.2) is 0 Å². The predicted octanol–water partition coefficient (Wildman–Crippen LogP) is 1.47. The second-order valence-electron chi connectivity index (χ2n) is 4.94. The SMILES string of the molecule is Cc1cccc2c1[C@H](N1CCOCC1)CNC2. The summed E-state index contributed by atoms with van der Waals surface area (Å²) < 4.78 is 5.45. The third kappa shape index (κ3) is 2.10. The van der Waals surface area contributed by atoms with Crippen LogP contribution >= 0.6 is 0 Å². The Morgan fingerprint density at radius 3 is 2.94 bits per heavy atom. The van der Waals surface area contributed by atoms with Gasteiger partial charge in [0, 0.05) is 32.2 Å². The van der Waals surface area contributed by atoms with Crippen LogP contribution in [0, 0.1) is 6.92 Å². The Kier molecular flexibility index (Phi) is 3.14. The van der Waals surface area contributed by atoms with Gasteiger partial charge in [-0.25, -0.2) is 0 Å². The minimum absolute atomic E-state index is 0.531. The van der Waals surface area contributed by atoms with Gasteiger partial charge in [-0.2, -0.15) is 0 Å². The molecule has 3 nitrogen and oxygen atoms in total. The van der Waals surface area contributed by atoms with E-state index >= 15 is 0 Å². The first-order valence-electron chi connectivity index (χ1n) is 6.47. The minimum atomic E-state index is 0.531. The van der Waals surface area contributed by atoms with E-state index in [9.17, 15) is 0 Å². The van der Waals surface area contributed by atoms with Crippen LogP contribution in [0.1, 0.15) is 22.7 Å². The number of nitrogens with one attached hydrogen (secondary N) is 1. The maximum atomic E-state index is 5.45. The summed E-state index contributed by atoms with van der Waals surface area (Å²) in [6, 6.07) is 7.18. The lowest BCUT2D eigenvalue weighted by Crippen LogP contribution is -2.45. The van der Waals surface area contributed by atoms with Crippen molar-refractivity contribution < 1.29 is 4.74 Å². The van der Waals surface area contributed by atoms with Crippen molar-refractivity contribution >= 4 is 0 Å². The summed E-state index contributed by atoms with van der Waals surface area (Å²) in [5, 5.41) is 3.53. The molecular formula is C14H20N2O. The van der Waals surface area contributed by atoms with E-state index in [0.29, 0.717) is 6.04 Å². The maximum Gasteiger partial charge on any atom is 0.0594 e. The molecule has 0 spiro atoms. The molecule has 3 rings (SSSR count). The van der Waals surface area contributed by atoms with Crippen LogP contribution in [0.5, 0.6) is 0 Å². The smallest absolute Gasteiger partial charge is 0.0594 e. The number of aryl methyl sites for hydroxylation is 1. The van der Waals surface area contributed by atoms with Gasteiger partial charge >= 0.3 is 0 Å². The molecule has 0 unspecified atom stereocenters. The number of benzene rings is 1. The first-order chi connectivity index (χ1) is 8.36. The number of ether oxygens (including phenoxy) is 1. The van der Waals surface area contributed by atoms with Crippen molar-refractivity contribution in [1.29, 1.82) is 0 Å². The molecule has 2 aliphatic heterocycles. The fourth-order valence-electron chi connectivity index (χ4n) is 3.02. The Hall–Kier alpha value is -0.900. The van der Waals surface area contributed by atoms with Crippen molar-refractivity contribution in [3.05, 3.63) is 34.9 Å². The van der Waals surface area contributed by atoms with Crippen LogP contribution in [0.4, 0.5) is 0 Å². The predicted molar refractivity (Wildman–Crippen MR) is 68.0 cm³/mol. The molecule has 0 aromatic heterocycles. The van der Waals surface area contributed by atoms with Crippen LogP contribution in [0.15, 0.2) is 18.2 Å². The largest absolute Gasteiger partial charge is 0.379 e. The summed E-state index contributed by atoms with van der Waals surface area (Å²) in [7, 11) is 0. The number of hydrogen-bond donors (Lipinski definition) is 1. The summed E-state index contributed by atoms with van der Waals surface area (Å²) in [5.41, 5.74) is 4.45. The van der Waals surface area contributed by atoms with Crippen molar-refractivity contribution in [3.8, 4) is 0 Å². The Balaban J connectivity index is 1.92. The Bertz CT molecular complexity index is 399. The van der Waals surface area contributed by atoms with Crippen LogP contribution in [0.25, 0.3) is 0 Å². The highest BCUT2D eigenvalue weighted by Crippen LogP contribution is 2.30. The fourth-order valence-corrected chi connectivity index (χ4v) is 3.02. The van der Waals surface area contributed by atoms with E-state index in [4.69, 9.17) is 4.74 Å². The molecule has 1 N–H and O–H groups in total. The van der Waals surface area contributed by atoms with Gasteiger partial charge in [0.05, 0.1) is 13.2 Å². The van der Waals surface area contributed by atoms with Crippen LogP contribution in [-0.4, -0.2) is 37.7 Å². The lowest BCUT2D eigenvalue weighted by atomic mass is 9.91. The molecular weight excluding hydrogens is 212 g/mol. The van der Waals surface area contributed by atoms with E-state index in [-0.39, 0.29) is 0 Å². The number of morpholine rings is 1. The van der Waals surface area contributed by atoms with Gasteiger partial charge in [-0.1, -0.05) is 18.2 Å². The third-order valence-corrected chi connectivity index (χ3v) is 3.89. The average Bonchev–Trinajstić information content (AvgIpc) is 2.39. The van der Waals surface area contributed by atoms with E-state index in [1.165, 1.54) is 11.1 Å². The van der Waals surface area contributed by atoms with Crippen molar-refractivity contribution in [3.63, 3.8) is 0 Å². The fraction of sp³-hybridized carbons (Fsp3) is 0.571. The van der Waals surface area contributed by atoms with Crippen LogP contribution in [0.3, 0.4) is 0 Å². The second-order valence-corrected chi connectivity index (χ2v) is 4.94. The third-order valence-electron chi connectivity index (χ3n) is 3.89. The molecule has 0 saturated carbocycles. The van der Waals surface area contributed by atoms with E-state index < -0.39 is 0 Å². The molecule has 2 aliphatic rings. The lowest BCUT2D eigenvalue weighted by Gasteiger charge is -2.39. The molecule has 1 aromatic rings. The maximum absolute atomic E-state index is 5.45. The molecule has 1 fully saturated rings. The van der Waals surface area contributed by atoms with Crippen molar-refractivity contribution in [2.75, 3.05) is 32.8 Å². The van der Waals surface area contributed by atoms with Crippen molar-refractivity contribution in [2.45, 2.75) is 19.5 Å². The Morgan fingerprint density at radius 1 is 1.29 bits per heavy atom. The molecule has 1 saturated heterocycles. The first kappa shape index (κ1) is 11.2. The molecule has 2 heterocycles. The van der Waals surface area contributed by atoms with E-state index in [1.54, 1.807) is 5.56 Å². The van der Waals surface area contributed by atoms with Gasteiger partial charge < -0.3 is 10.1 Å². The zero-order valence-corrected chi connectivity index (χ0v) is 10.4. The molecule has 1 atom stereocenters. The van der Waals surface area contributed by atoms with Crippen LogP contribution in [-0.2, 0) is 11.3 Å². The highest BCUT2D eigenvalue weighted by Gasteiger charge is 2.27. The average molecular weight is 232 g/mol. The molecule has 0 bridgehead atoms. The van der Waals surface area contributed by atoms with Crippen LogP contribution in [0.2, 0.25) is 0 Å². The first-order valence-corrected chi connectivity index (χ1v) is 6.47. The zero-order valence-electron chi connectivity index (χ0n) is 10.4. The van der Waals surface area contributed by atoms with Gasteiger partial charge in [-0.05, 0) is 23.6 Å². The van der Waals surface area contributed by atoms with Crippen molar-refractivity contribution in [2.24, 2.45) is 0 Å². The zero-order chi connectivity index (χ0) is 11.7. The standard InChI is InChI=1S/C14H20N2O/c1-11-3-2-4-12-9-15-10-13(14(11)12)16-5-7-17-8-6-16/h2-4,13,15H,5-10H2,1H3/t13-/m1/s1. The summed E-state index contributed by atoms with van der Waals surface area (Å²) in [6.45, 7) is 8.17. The van der Waals surface area contributed by atoms with Gasteiger partial charge in [0.1, 0.15) is 0 Å². The Morgan fingerprint density at radius 2 is 2.12 bits per heavy atom. The van der Waals surface area contributed by atoms with Gasteiger partial charge in [0.2, 0.25) is 0 Å². The lowest BCUT2D eigenvalue weighted by molar-refractivity contribution is 0.0144. The van der Waals surface area contributed by atoms with Gasteiger partial charge in [0.25, 0.3) is 0 Å². The normalized spacial score (nSPS) is 25.6. The quantitative estimate of drug-likeness (QED) is 0.793. The van der Waals surface area contributed by atoms with E-state index in [2.05, 4.69) is 35.3 Å². The number of hydrogen-bond acceptors (Lipinski definition) is 3. The number of rotatable bonds is 1. The molecule has 92 valence electrons. The Labute approximate surface area is 103 Å². The molecule has 17 heavy (non-hydrogen) atoms. The summed E-state index contributed by atoms with van der Waals surface area (Å²) in [6.07, 6.45) is 0. The molecule has 1 aromatic carbocycles. The molecule has 3 heteroatoms. The summed E-state index contributed by atoms with van der Waals surface area (Å²) >= 11 is 0. The van der Waals surface area contributed by atoms with E-state index in [0.717, 1.165) is 39.4 Å². The summed E-state index contributed by atoms with van der Waals surface area (Å²) in [5.74, 6) is 0. The second kappa shape index (κ2) is 4.77. The highest BCUT2D eigenvalue weighted by molar-refractivity contribution is 5.38. The number of fused-ring (bicyclic) bond motifs is 1. The van der Waals surface area contributed by atoms with Crippen molar-refractivity contribution in [1.82, 2.24) is 10.2 Å². The molecule has 0 radical (unpaired) electrons. The van der Waals surface area contributed by atoms with Gasteiger partial charge in [-0.3, -0.25) is 4.90 Å². The summed E-state index contributed by atoms with van der Waals surface area (Å²) in [4.78, 5) is 2.56. The number of nitrogens with zero attached hydrogens (tertiary/aromatic N) is 1. The van der Waals surface area contributed by atoms with E-state index in [1.807, 2.05) is 0 Å².